The van der Waals surface area contributed by atoms with Crippen LogP contribution in [-0.2, 0) is 5.72 Å². The molecule has 4 nitrogen and oxygen atoms in total. The molecule has 0 aliphatic heterocycles. The Morgan fingerprint density at radius 1 is 1.04 bits per heavy atom. The standard InChI is InChI=1S/C23H23BrN2O2/c1-15-7-9-21-19(11-15)20-12-16(24)8-10-22(20)26(21)23(2,27)14-25-17-5-4-6-18(13-17)28-3/h4-13,25,27H,14H2,1-3H3. The predicted octanol–water partition coefficient (Wildman–Crippen LogP) is 5.65. The SMILES string of the molecule is COc1cccc(NCC(C)(O)n2c3ccc(C)cc3c3cc(Br)ccc32)c1. The van der Waals surface area contributed by atoms with Gasteiger partial charge in [0.1, 0.15) is 5.75 Å². The summed E-state index contributed by atoms with van der Waals surface area (Å²) >= 11 is 3.58. The van der Waals surface area contributed by atoms with Crippen LogP contribution in [0.25, 0.3) is 21.8 Å². The van der Waals surface area contributed by atoms with Gasteiger partial charge in [0.2, 0.25) is 0 Å². The van der Waals surface area contributed by atoms with E-state index in [4.69, 9.17) is 4.74 Å². The first kappa shape index (κ1) is 18.8. The molecular formula is C23H23BrN2O2. The van der Waals surface area contributed by atoms with Crippen molar-refractivity contribution in [2.75, 3.05) is 19.0 Å². The first-order chi connectivity index (χ1) is 13.4. The number of hydrogen-bond donors (Lipinski definition) is 2. The lowest BCUT2D eigenvalue weighted by atomic mass is 10.1. The fourth-order valence-corrected chi connectivity index (χ4v) is 4.07. The number of aryl methyl sites for hydroxylation is 1. The van der Waals surface area contributed by atoms with Crippen LogP contribution >= 0.6 is 15.9 Å². The fraction of sp³-hybridized carbons (Fsp3) is 0.217. The first-order valence-electron chi connectivity index (χ1n) is 9.20. The van der Waals surface area contributed by atoms with Crippen molar-refractivity contribution in [2.45, 2.75) is 19.6 Å². The molecule has 0 radical (unpaired) electrons. The van der Waals surface area contributed by atoms with Gasteiger partial charge in [0.15, 0.2) is 5.72 Å². The number of nitrogens with one attached hydrogen (secondary N) is 1. The maximum absolute atomic E-state index is 11.5. The van der Waals surface area contributed by atoms with Gasteiger partial charge in [-0.15, -0.1) is 0 Å². The lowest BCUT2D eigenvalue weighted by molar-refractivity contribution is 0.00391. The highest BCUT2D eigenvalue weighted by Gasteiger charge is 2.27. The normalized spacial score (nSPS) is 13.6. The molecule has 5 heteroatoms. The third-order valence-electron chi connectivity index (χ3n) is 5.06. The Bertz CT molecular complexity index is 1100. The van der Waals surface area contributed by atoms with E-state index in [0.717, 1.165) is 37.7 Å². The smallest absolute Gasteiger partial charge is 0.156 e. The Balaban J connectivity index is 1.79. The number of aliphatic hydroxyl groups is 1. The molecule has 1 heterocycles. The van der Waals surface area contributed by atoms with Crippen molar-refractivity contribution >= 4 is 43.4 Å². The van der Waals surface area contributed by atoms with Gasteiger partial charge >= 0.3 is 0 Å². The molecule has 4 rings (SSSR count). The van der Waals surface area contributed by atoms with Crippen LogP contribution in [0.3, 0.4) is 0 Å². The number of anilines is 1. The van der Waals surface area contributed by atoms with Crippen LogP contribution in [0.2, 0.25) is 0 Å². The number of benzene rings is 3. The molecule has 1 atom stereocenters. The molecule has 4 aromatic rings. The van der Waals surface area contributed by atoms with Gasteiger partial charge in [0.25, 0.3) is 0 Å². The zero-order chi connectivity index (χ0) is 19.9. The van der Waals surface area contributed by atoms with Gasteiger partial charge in [0, 0.05) is 27.0 Å². The molecule has 0 spiro atoms. The molecule has 144 valence electrons. The van der Waals surface area contributed by atoms with E-state index in [-0.39, 0.29) is 0 Å². The van der Waals surface area contributed by atoms with Crippen molar-refractivity contribution in [1.82, 2.24) is 4.57 Å². The van der Waals surface area contributed by atoms with Gasteiger partial charge in [-0.2, -0.15) is 0 Å². The third-order valence-corrected chi connectivity index (χ3v) is 5.55. The van der Waals surface area contributed by atoms with Crippen molar-refractivity contribution in [2.24, 2.45) is 0 Å². The molecule has 0 fully saturated rings. The molecule has 2 N–H and O–H groups in total. The van der Waals surface area contributed by atoms with Gasteiger partial charge in [-0.3, -0.25) is 0 Å². The summed E-state index contributed by atoms with van der Waals surface area (Å²) < 4.78 is 8.32. The zero-order valence-electron chi connectivity index (χ0n) is 16.2. The Morgan fingerprint density at radius 3 is 2.50 bits per heavy atom. The van der Waals surface area contributed by atoms with E-state index >= 15 is 0 Å². The number of rotatable bonds is 5. The number of hydrogen-bond acceptors (Lipinski definition) is 3. The average Bonchev–Trinajstić information content (AvgIpc) is 3.00. The van der Waals surface area contributed by atoms with Crippen LogP contribution in [0.5, 0.6) is 5.75 Å². The average molecular weight is 439 g/mol. The maximum atomic E-state index is 11.5. The molecule has 0 amide bonds. The summed E-state index contributed by atoms with van der Waals surface area (Å²) in [5.74, 6) is 0.779. The molecule has 1 unspecified atom stereocenters. The second-order valence-corrected chi connectivity index (χ2v) is 8.24. The predicted molar refractivity (Wildman–Crippen MR) is 119 cm³/mol. The summed E-state index contributed by atoms with van der Waals surface area (Å²) in [6.07, 6.45) is 0. The number of ether oxygens (including phenoxy) is 1. The van der Waals surface area contributed by atoms with Crippen LogP contribution in [0.15, 0.2) is 65.1 Å². The largest absolute Gasteiger partial charge is 0.497 e. The lowest BCUT2D eigenvalue weighted by Crippen LogP contribution is -2.37. The van der Waals surface area contributed by atoms with E-state index in [1.807, 2.05) is 41.8 Å². The summed E-state index contributed by atoms with van der Waals surface area (Å²) in [6.45, 7) is 4.27. The number of halogens is 1. The van der Waals surface area contributed by atoms with Crippen molar-refractivity contribution in [3.05, 3.63) is 70.7 Å². The third kappa shape index (κ3) is 3.36. The molecule has 0 bridgehead atoms. The van der Waals surface area contributed by atoms with E-state index in [1.54, 1.807) is 7.11 Å². The van der Waals surface area contributed by atoms with Crippen molar-refractivity contribution in [3.63, 3.8) is 0 Å². The van der Waals surface area contributed by atoms with Gasteiger partial charge in [-0.1, -0.05) is 33.6 Å². The highest BCUT2D eigenvalue weighted by Crippen LogP contribution is 2.35. The van der Waals surface area contributed by atoms with Crippen molar-refractivity contribution in [3.8, 4) is 5.75 Å². The van der Waals surface area contributed by atoms with Crippen LogP contribution in [0.1, 0.15) is 12.5 Å². The van der Waals surface area contributed by atoms with E-state index in [2.05, 4.69) is 58.5 Å². The molecular weight excluding hydrogens is 416 g/mol. The number of nitrogens with zero attached hydrogens (tertiary/aromatic N) is 1. The van der Waals surface area contributed by atoms with Crippen LogP contribution in [-0.4, -0.2) is 23.3 Å². The minimum atomic E-state index is -1.13. The van der Waals surface area contributed by atoms with E-state index < -0.39 is 5.72 Å². The first-order valence-corrected chi connectivity index (χ1v) is 9.99. The molecule has 0 aliphatic carbocycles. The topological polar surface area (TPSA) is 46.4 Å². The van der Waals surface area contributed by atoms with Gasteiger partial charge in [0.05, 0.1) is 24.7 Å². The Hall–Kier alpha value is -2.50. The quantitative estimate of drug-likeness (QED) is 0.423. The minimum absolute atomic E-state index is 0.350. The summed E-state index contributed by atoms with van der Waals surface area (Å²) in [5, 5.41) is 17.1. The molecule has 0 saturated heterocycles. The van der Waals surface area contributed by atoms with E-state index in [9.17, 15) is 5.11 Å². The second kappa shape index (κ2) is 7.15. The van der Waals surface area contributed by atoms with Crippen LogP contribution in [0.4, 0.5) is 5.69 Å². The Labute approximate surface area is 172 Å². The summed E-state index contributed by atoms with van der Waals surface area (Å²) in [4.78, 5) is 0. The summed E-state index contributed by atoms with van der Waals surface area (Å²) in [6, 6.07) is 20.2. The zero-order valence-corrected chi connectivity index (χ0v) is 17.7. The van der Waals surface area contributed by atoms with Crippen LogP contribution < -0.4 is 10.1 Å². The monoisotopic (exact) mass is 438 g/mol. The van der Waals surface area contributed by atoms with E-state index in [1.165, 1.54) is 5.56 Å². The molecule has 0 saturated carbocycles. The fourth-order valence-electron chi connectivity index (χ4n) is 3.71. The van der Waals surface area contributed by atoms with Crippen molar-refractivity contribution < 1.29 is 9.84 Å². The van der Waals surface area contributed by atoms with Crippen LogP contribution in [0, 0.1) is 6.92 Å². The van der Waals surface area contributed by atoms with Gasteiger partial charge < -0.3 is 19.7 Å². The Morgan fingerprint density at radius 2 is 1.75 bits per heavy atom. The number of methoxy groups -OCH3 is 1. The summed E-state index contributed by atoms with van der Waals surface area (Å²) in [5.41, 5.74) is 2.98. The highest BCUT2D eigenvalue weighted by molar-refractivity contribution is 9.10. The maximum Gasteiger partial charge on any atom is 0.156 e. The molecule has 1 aromatic heterocycles. The highest BCUT2D eigenvalue weighted by atomic mass is 79.9. The van der Waals surface area contributed by atoms with Gasteiger partial charge in [-0.25, -0.2) is 0 Å². The van der Waals surface area contributed by atoms with Gasteiger partial charge in [-0.05, 0) is 56.3 Å². The number of fused-ring (bicyclic) bond motifs is 3. The Kier molecular flexibility index (Phi) is 4.81. The van der Waals surface area contributed by atoms with Crippen molar-refractivity contribution in [1.29, 1.82) is 0 Å². The number of aromatic nitrogens is 1. The lowest BCUT2D eigenvalue weighted by Gasteiger charge is -2.28. The molecule has 3 aromatic carbocycles. The second-order valence-electron chi connectivity index (χ2n) is 7.32. The molecule has 28 heavy (non-hydrogen) atoms. The van der Waals surface area contributed by atoms with E-state index in [0.29, 0.717) is 6.54 Å². The molecule has 0 aliphatic rings. The summed E-state index contributed by atoms with van der Waals surface area (Å²) in [7, 11) is 1.65. The minimum Gasteiger partial charge on any atom is -0.497 e.